The van der Waals surface area contributed by atoms with Crippen LogP contribution in [0.25, 0.3) is 0 Å². The lowest BCUT2D eigenvalue weighted by atomic mass is 9.88. The first-order chi connectivity index (χ1) is 7.93. The van der Waals surface area contributed by atoms with Gasteiger partial charge >= 0.3 is 12.3 Å². The smallest absolute Gasteiger partial charge is 0.337 e. The van der Waals surface area contributed by atoms with Crippen molar-refractivity contribution in [2.75, 3.05) is 26.2 Å². The van der Waals surface area contributed by atoms with E-state index in [1.54, 1.807) is 0 Å². The SMILES string of the molecule is O=C(N1CCC2CNCC2C1)C(F)(F)C(F)F. The van der Waals surface area contributed by atoms with Gasteiger partial charge in [-0.25, -0.2) is 8.78 Å². The molecule has 0 saturated carbocycles. The Labute approximate surface area is 96.1 Å². The van der Waals surface area contributed by atoms with Crippen LogP contribution in [-0.2, 0) is 4.79 Å². The number of fused-ring (bicyclic) bond motifs is 1. The number of piperidine rings is 1. The number of nitrogens with one attached hydrogen (secondary N) is 1. The van der Waals surface area contributed by atoms with E-state index in [2.05, 4.69) is 5.32 Å². The van der Waals surface area contributed by atoms with E-state index in [4.69, 9.17) is 0 Å². The van der Waals surface area contributed by atoms with Gasteiger partial charge in [0.15, 0.2) is 0 Å². The quantitative estimate of drug-likeness (QED) is 0.744. The molecular formula is C10H14F4N2O. The summed E-state index contributed by atoms with van der Waals surface area (Å²) >= 11 is 0. The fourth-order valence-electron chi connectivity index (χ4n) is 2.52. The van der Waals surface area contributed by atoms with Crippen LogP contribution >= 0.6 is 0 Å². The zero-order valence-electron chi connectivity index (χ0n) is 9.13. The molecule has 2 rings (SSSR count). The summed E-state index contributed by atoms with van der Waals surface area (Å²) in [5.74, 6) is -5.81. The minimum Gasteiger partial charge on any atom is -0.337 e. The number of carbonyl (C=O) groups is 1. The molecule has 2 heterocycles. The van der Waals surface area contributed by atoms with Crippen molar-refractivity contribution in [2.45, 2.75) is 18.8 Å². The summed E-state index contributed by atoms with van der Waals surface area (Å²) in [6, 6.07) is 0. The second-order valence-corrected chi connectivity index (χ2v) is 4.64. The molecule has 2 aliphatic rings. The van der Waals surface area contributed by atoms with Gasteiger partial charge in [-0.3, -0.25) is 4.79 Å². The molecule has 0 aromatic heterocycles. The topological polar surface area (TPSA) is 32.3 Å². The summed E-state index contributed by atoms with van der Waals surface area (Å²) in [4.78, 5) is 12.2. The van der Waals surface area contributed by atoms with Crippen LogP contribution in [0.5, 0.6) is 0 Å². The monoisotopic (exact) mass is 254 g/mol. The van der Waals surface area contributed by atoms with Gasteiger partial charge in [0.1, 0.15) is 0 Å². The zero-order chi connectivity index (χ0) is 12.6. The second-order valence-electron chi connectivity index (χ2n) is 4.64. The minimum absolute atomic E-state index is 0.112. The number of carbonyl (C=O) groups excluding carboxylic acids is 1. The molecule has 1 amide bonds. The average Bonchev–Trinajstić information content (AvgIpc) is 2.74. The summed E-state index contributed by atoms with van der Waals surface area (Å²) in [5.41, 5.74) is 0. The lowest BCUT2D eigenvalue weighted by molar-refractivity contribution is -0.182. The molecule has 98 valence electrons. The summed E-state index contributed by atoms with van der Waals surface area (Å²) in [5, 5.41) is 3.11. The highest BCUT2D eigenvalue weighted by atomic mass is 19.3. The lowest BCUT2D eigenvalue weighted by Gasteiger charge is -2.35. The summed E-state index contributed by atoms with van der Waals surface area (Å²) in [7, 11) is 0. The third-order valence-electron chi connectivity index (χ3n) is 3.55. The number of rotatable bonds is 2. The summed E-state index contributed by atoms with van der Waals surface area (Å²) in [6.07, 6.45) is -3.34. The molecule has 2 atom stereocenters. The van der Waals surface area contributed by atoms with Crippen molar-refractivity contribution in [2.24, 2.45) is 11.8 Å². The van der Waals surface area contributed by atoms with E-state index in [-0.39, 0.29) is 19.0 Å². The van der Waals surface area contributed by atoms with E-state index < -0.39 is 18.3 Å². The van der Waals surface area contributed by atoms with Gasteiger partial charge in [-0.1, -0.05) is 0 Å². The second kappa shape index (κ2) is 4.44. The number of alkyl halides is 4. The molecule has 0 aromatic rings. The van der Waals surface area contributed by atoms with Crippen molar-refractivity contribution >= 4 is 5.91 Å². The first kappa shape index (κ1) is 12.6. The first-order valence-electron chi connectivity index (χ1n) is 5.59. The van der Waals surface area contributed by atoms with E-state index in [0.29, 0.717) is 18.9 Å². The van der Waals surface area contributed by atoms with Crippen molar-refractivity contribution in [1.29, 1.82) is 0 Å². The predicted octanol–water partition coefficient (Wildman–Crippen LogP) is 0.955. The Balaban J connectivity index is 2.01. The van der Waals surface area contributed by atoms with E-state index in [1.165, 1.54) is 0 Å². The van der Waals surface area contributed by atoms with Crippen LogP contribution in [0, 0.1) is 11.8 Å². The normalized spacial score (nSPS) is 29.6. The number of likely N-dealkylation sites (tertiary alicyclic amines) is 1. The molecule has 2 unspecified atom stereocenters. The molecule has 3 nitrogen and oxygen atoms in total. The van der Waals surface area contributed by atoms with Gasteiger partial charge in [0, 0.05) is 13.1 Å². The lowest BCUT2D eigenvalue weighted by Crippen LogP contribution is -2.52. The molecule has 2 aliphatic heterocycles. The number of hydrogen-bond acceptors (Lipinski definition) is 2. The van der Waals surface area contributed by atoms with Crippen molar-refractivity contribution in [3.8, 4) is 0 Å². The third kappa shape index (κ3) is 2.25. The molecular weight excluding hydrogens is 240 g/mol. The van der Waals surface area contributed by atoms with E-state index in [1.807, 2.05) is 0 Å². The Morgan fingerprint density at radius 3 is 2.59 bits per heavy atom. The predicted molar refractivity (Wildman–Crippen MR) is 52.0 cm³/mol. The number of hydrogen-bond donors (Lipinski definition) is 1. The maximum atomic E-state index is 12.9. The van der Waals surface area contributed by atoms with Crippen molar-refractivity contribution in [1.82, 2.24) is 10.2 Å². The third-order valence-corrected chi connectivity index (χ3v) is 3.55. The number of halogens is 4. The molecule has 7 heteroatoms. The fourth-order valence-corrected chi connectivity index (χ4v) is 2.52. The van der Waals surface area contributed by atoms with Gasteiger partial charge in [-0.15, -0.1) is 0 Å². The summed E-state index contributed by atoms with van der Waals surface area (Å²) in [6.45, 7) is 1.77. The van der Waals surface area contributed by atoms with Crippen LogP contribution in [-0.4, -0.2) is 49.3 Å². The molecule has 2 saturated heterocycles. The summed E-state index contributed by atoms with van der Waals surface area (Å²) < 4.78 is 50.0. The van der Waals surface area contributed by atoms with Gasteiger partial charge in [-0.05, 0) is 31.3 Å². The Morgan fingerprint density at radius 2 is 1.94 bits per heavy atom. The Kier molecular flexibility index (Phi) is 3.29. The Morgan fingerprint density at radius 1 is 1.29 bits per heavy atom. The standard InChI is InChI=1S/C10H14F4N2O/c11-8(12)10(13,14)9(17)16-2-1-6-3-15-4-7(6)5-16/h6-8,15H,1-5H2. The fraction of sp³-hybridized carbons (Fsp3) is 0.900. The van der Waals surface area contributed by atoms with Crippen molar-refractivity contribution < 1.29 is 22.4 Å². The van der Waals surface area contributed by atoms with E-state index in [0.717, 1.165) is 11.4 Å². The largest absolute Gasteiger partial charge is 0.383 e. The Hall–Kier alpha value is -0.850. The molecule has 0 aromatic carbocycles. The van der Waals surface area contributed by atoms with Crippen molar-refractivity contribution in [3.05, 3.63) is 0 Å². The minimum atomic E-state index is -4.56. The van der Waals surface area contributed by atoms with Crippen LogP contribution in [0.2, 0.25) is 0 Å². The van der Waals surface area contributed by atoms with Crippen LogP contribution in [0.4, 0.5) is 17.6 Å². The van der Waals surface area contributed by atoms with Gasteiger partial charge in [0.05, 0.1) is 0 Å². The van der Waals surface area contributed by atoms with Gasteiger partial charge in [-0.2, -0.15) is 8.78 Å². The van der Waals surface area contributed by atoms with Crippen LogP contribution in [0.3, 0.4) is 0 Å². The molecule has 0 aliphatic carbocycles. The average molecular weight is 254 g/mol. The van der Waals surface area contributed by atoms with E-state index >= 15 is 0 Å². The maximum Gasteiger partial charge on any atom is 0.383 e. The number of amides is 1. The van der Waals surface area contributed by atoms with Crippen LogP contribution < -0.4 is 5.32 Å². The number of nitrogens with zero attached hydrogens (tertiary/aromatic N) is 1. The highest BCUT2D eigenvalue weighted by Gasteiger charge is 2.52. The van der Waals surface area contributed by atoms with Gasteiger partial charge in [0.2, 0.25) is 0 Å². The molecule has 0 radical (unpaired) electrons. The zero-order valence-corrected chi connectivity index (χ0v) is 9.13. The molecule has 2 fully saturated rings. The molecule has 1 N–H and O–H groups in total. The van der Waals surface area contributed by atoms with Crippen LogP contribution in [0.1, 0.15) is 6.42 Å². The van der Waals surface area contributed by atoms with Crippen molar-refractivity contribution in [3.63, 3.8) is 0 Å². The molecule has 0 spiro atoms. The maximum absolute atomic E-state index is 12.9. The highest BCUT2D eigenvalue weighted by Crippen LogP contribution is 2.31. The highest BCUT2D eigenvalue weighted by molar-refractivity contribution is 5.84. The first-order valence-corrected chi connectivity index (χ1v) is 5.59. The van der Waals surface area contributed by atoms with Gasteiger partial charge < -0.3 is 10.2 Å². The van der Waals surface area contributed by atoms with Gasteiger partial charge in [0.25, 0.3) is 5.91 Å². The Bertz CT molecular complexity index is 311. The van der Waals surface area contributed by atoms with E-state index in [9.17, 15) is 22.4 Å². The molecule has 17 heavy (non-hydrogen) atoms. The molecule has 0 bridgehead atoms. The van der Waals surface area contributed by atoms with Crippen LogP contribution in [0.15, 0.2) is 0 Å².